The first-order valence-corrected chi connectivity index (χ1v) is 51.7. The summed E-state index contributed by atoms with van der Waals surface area (Å²) in [6, 6.07) is 0.543. The molecule has 4 N–H and O–H groups in total. The number of carbonyl (C=O) groups is 6. The van der Waals surface area contributed by atoms with Gasteiger partial charge >= 0.3 is 46.3 Å². The first-order valence-electron chi connectivity index (χ1n) is 27.4. The van der Waals surface area contributed by atoms with E-state index in [1.807, 2.05) is 0 Å². The fraction of sp³-hybridized carbons (Fsp3) is 0.792. The van der Waals surface area contributed by atoms with Crippen LogP contribution in [0.25, 0.3) is 0 Å². The van der Waals surface area contributed by atoms with Crippen molar-refractivity contribution in [3.05, 3.63) is 24.3 Å². The van der Waals surface area contributed by atoms with E-state index in [1.165, 1.54) is 9.80 Å². The number of hydrogen-bond donors (Lipinski definition) is 4. The number of nitrogens with zero attached hydrogens (tertiary/aromatic N) is 2. The molecule has 0 aliphatic carbocycles. The fourth-order valence-electron chi connectivity index (χ4n) is 12.4. The molecule has 0 spiro atoms. The van der Waals surface area contributed by atoms with Crippen LogP contribution in [0.5, 0.6) is 0 Å². The highest BCUT2D eigenvalue weighted by Gasteiger charge is 2.69. The summed E-state index contributed by atoms with van der Waals surface area (Å²) in [6.45, 7) is 39.4. The lowest BCUT2D eigenvalue weighted by Gasteiger charge is -2.41. The molecular formula is C48H92N6O14Si8. The van der Waals surface area contributed by atoms with Gasteiger partial charge in [-0.1, -0.05) is 24.3 Å². The monoisotopic (exact) mass is 1200 g/mol. The van der Waals surface area contributed by atoms with Crippen molar-refractivity contribution >= 4 is 103 Å². The van der Waals surface area contributed by atoms with E-state index >= 15 is 0 Å². The normalized spacial score (nSPS) is 28.8. The Morgan fingerprint density at radius 1 is 0.474 bits per heavy atom. The van der Waals surface area contributed by atoms with Crippen LogP contribution in [0.15, 0.2) is 24.3 Å². The van der Waals surface area contributed by atoms with Crippen molar-refractivity contribution in [2.45, 2.75) is 179 Å². The van der Waals surface area contributed by atoms with Gasteiger partial charge < -0.3 is 55.4 Å². The van der Waals surface area contributed by atoms with Crippen molar-refractivity contribution < 1.29 is 62.9 Å². The number of urea groups is 2. The molecule has 6 rings (SSSR count). The number of ether oxygens (including phenoxy) is 2. The average molecular weight is 1200 g/mol. The molecule has 6 heterocycles. The molecule has 4 bridgehead atoms. The predicted molar refractivity (Wildman–Crippen MR) is 310 cm³/mol. The number of likely N-dealkylation sites (tertiary alicyclic amines) is 2. The molecule has 0 saturated carbocycles. The van der Waals surface area contributed by atoms with Crippen LogP contribution in [-0.4, -0.2) is 176 Å². The number of hydrogen-bond acceptors (Lipinski definition) is 14. The first-order chi connectivity index (χ1) is 34.7. The Hall–Kier alpha value is -2.28. The van der Waals surface area contributed by atoms with Crippen LogP contribution < -0.4 is 21.3 Å². The summed E-state index contributed by atoms with van der Waals surface area (Å²) >= 11 is 0. The zero-order chi connectivity index (χ0) is 56.9. The van der Waals surface area contributed by atoms with E-state index < -0.39 is 127 Å². The molecule has 6 aliphatic rings. The van der Waals surface area contributed by atoms with Crippen LogP contribution in [0, 0.1) is 23.7 Å². The molecule has 76 heavy (non-hydrogen) atoms. The number of unbranched alkanes of at least 4 members (excludes halogenated alkanes) is 1. The van der Waals surface area contributed by atoms with Gasteiger partial charge in [0.2, 0.25) is 23.6 Å². The number of carbonyl (C=O) groups excluding carboxylic acids is 6. The van der Waals surface area contributed by atoms with Gasteiger partial charge in [0, 0.05) is 26.2 Å². The molecule has 4 saturated heterocycles. The lowest BCUT2D eigenvalue weighted by Crippen LogP contribution is -2.57. The molecular weight excluding hydrogens is 1110 g/mol. The first kappa shape index (κ1) is 62.9. The van der Waals surface area contributed by atoms with E-state index in [9.17, 15) is 28.8 Å². The number of amides is 8. The molecule has 28 heteroatoms. The van der Waals surface area contributed by atoms with Crippen molar-refractivity contribution in [2.75, 3.05) is 39.3 Å². The molecule has 430 valence electrons. The second-order valence-electron chi connectivity index (χ2n) is 26.7. The number of imide groups is 2. The van der Waals surface area contributed by atoms with Crippen LogP contribution in [0.1, 0.15) is 25.7 Å². The van der Waals surface area contributed by atoms with Gasteiger partial charge in [-0.15, -0.1) is 0 Å². The maximum atomic E-state index is 14.0. The Kier molecular flexibility index (Phi) is 19.0. The maximum absolute atomic E-state index is 14.0. The summed E-state index contributed by atoms with van der Waals surface area (Å²) in [5, 5.41) is 11.7. The number of rotatable bonds is 29. The Bertz CT molecular complexity index is 2120. The molecule has 0 aromatic heterocycles. The minimum Gasteiger partial charge on any atom is -0.437 e. The van der Waals surface area contributed by atoms with Gasteiger partial charge in [-0.2, -0.15) is 0 Å². The van der Waals surface area contributed by atoms with Gasteiger partial charge in [-0.25, -0.2) is 9.59 Å². The second-order valence-corrected chi connectivity index (χ2v) is 59.7. The van der Waals surface area contributed by atoms with Gasteiger partial charge in [-0.05, 0) is 156 Å². The van der Waals surface area contributed by atoms with Crippen LogP contribution in [0.2, 0.25) is 130 Å². The van der Waals surface area contributed by atoms with Crippen LogP contribution >= 0.6 is 0 Å². The van der Waals surface area contributed by atoms with Crippen LogP contribution in [-0.2, 0) is 53.3 Å². The van der Waals surface area contributed by atoms with Crippen molar-refractivity contribution in [3.8, 4) is 0 Å². The average Bonchev–Trinajstić information content (AvgIpc) is 4.07. The number of nitrogens with one attached hydrogen (secondary N) is 4. The van der Waals surface area contributed by atoms with E-state index in [0.29, 0.717) is 50.9 Å². The predicted octanol–water partition coefficient (Wildman–Crippen LogP) is 6.75. The molecule has 0 aromatic rings. The van der Waals surface area contributed by atoms with E-state index in [0.717, 1.165) is 0 Å². The Labute approximate surface area is 461 Å². The second kappa shape index (κ2) is 22.9. The molecule has 8 amide bonds. The van der Waals surface area contributed by atoms with E-state index in [1.54, 1.807) is 24.3 Å². The molecule has 10 atom stereocenters. The van der Waals surface area contributed by atoms with Crippen LogP contribution in [0.4, 0.5) is 9.59 Å². The third kappa shape index (κ3) is 15.8. The smallest absolute Gasteiger partial charge is 0.315 e. The van der Waals surface area contributed by atoms with Crippen molar-refractivity contribution in [1.29, 1.82) is 0 Å². The van der Waals surface area contributed by atoms with E-state index in [2.05, 4.69) is 139 Å². The Morgan fingerprint density at radius 2 is 0.803 bits per heavy atom. The zero-order valence-corrected chi connectivity index (χ0v) is 56.9. The molecule has 0 aromatic carbocycles. The zero-order valence-electron chi connectivity index (χ0n) is 48.9. The largest absolute Gasteiger partial charge is 0.437 e. The lowest BCUT2D eigenvalue weighted by atomic mass is 9.77. The highest BCUT2D eigenvalue weighted by molar-refractivity contribution is 6.90. The minimum absolute atomic E-state index is 0.00544. The molecule has 0 radical (unpaired) electrons. The Morgan fingerprint density at radius 3 is 1.12 bits per heavy atom. The fourth-order valence-corrected chi connectivity index (χ4v) is 48.3. The summed E-state index contributed by atoms with van der Waals surface area (Å²) in [7, 11) is -17.8. The topological polar surface area (TPSA) is 231 Å². The van der Waals surface area contributed by atoms with Crippen molar-refractivity contribution in [1.82, 2.24) is 31.1 Å². The summed E-state index contributed by atoms with van der Waals surface area (Å²) in [5.41, 5.74) is -2.33. The standard InChI is InChI=1S/C48H92N6O14Si8/c1-69(2,3)63-73(13,14)67-75(17,65-71(7,8)9)31-21-27-49-45(59)51-33-47-25-23-35(61-47)37-39(47)43(57)53(41(37)55)29-19-20-30-54-42(56)38-36-24-26-48(62-36,40(38)44(54)58)34-52-46(60)50-28-22-32-76(18,66-72(10,11)12)68-74(15,16)64-70(4,5)6/h23-26,35-40H,19-22,27-34H2,1-18H3,(H2,49,51,59)(H2,50,52,60)/t35-,36+,37-,38+,39+,40-,47-,48+,75-,76-/m1/s1. The summed E-state index contributed by atoms with van der Waals surface area (Å²) in [6.07, 6.45) is 8.02. The molecule has 6 aliphatic heterocycles. The molecule has 20 nitrogen and oxygen atoms in total. The third-order valence-electron chi connectivity index (χ3n) is 13.8. The van der Waals surface area contributed by atoms with Crippen molar-refractivity contribution in [3.63, 3.8) is 0 Å². The van der Waals surface area contributed by atoms with Gasteiger partial charge in [0.05, 0.1) is 49.0 Å². The quantitative estimate of drug-likeness (QED) is 0.0263. The third-order valence-corrected chi connectivity index (χ3v) is 40.9. The summed E-state index contributed by atoms with van der Waals surface area (Å²) < 4.78 is 52.5. The van der Waals surface area contributed by atoms with Gasteiger partial charge in [0.25, 0.3) is 0 Å². The minimum atomic E-state index is -2.65. The van der Waals surface area contributed by atoms with Crippen molar-refractivity contribution in [2.24, 2.45) is 23.7 Å². The summed E-state index contributed by atoms with van der Waals surface area (Å²) in [4.78, 5) is 84.6. The van der Waals surface area contributed by atoms with Gasteiger partial charge in [-0.3, -0.25) is 29.0 Å². The Balaban J connectivity index is 0.942. The SMILES string of the molecule is C[Si](C)(C)O[Si](C)(C)O[Si@](C)(CCCNC(=O)NC[C@@]12C=C[C@@H](O1)[C@H]1C(=O)N(CCCCN3C(=O)[C@H]4[C@@H]5C=C[C@@](CNC(=O)NCCC[Si@](C)(O[Si](C)(C)C)O[Si](C)(C)O[Si](C)(C)C)(O5)[C@H]4C3=O)C(=O)[C@H]12)O[Si](C)(C)C. The van der Waals surface area contributed by atoms with Crippen LogP contribution in [0.3, 0.4) is 0 Å². The lowest BCUT2D eigenvalue weighted by molar-refractivity contribution is -0.146. The van der Waals surface area contributed by atoms with E-state index in [-0.39, 0.29) is 49.8 Å². The van der Waals surface area contributed by atoms with E-state index in [4.69, 9.17) is 34.2 Å². The maximum Gasteiger partial charge on any atom is 0.315 e. The molecule has 4 fully saturated rings. The number of fused-ring (bicyclic) bond motifs is 10. The van der Waals surface area contributed by atoms with Gasteiger partial charge in [0.1, 0.15) is 11.2 Å². The highest BCUT2D eigenvalue weighted by Crippen LogP contribution is 2.53. The molecule has 0 unspecified atom stereocenters. The highest BCUT2D eigenvalue weighted by atomic mass is 28.5. The van der Waals surface area contributed by atoms with Gasteiger partial charge in [0.15, 0.2) is 33.3 Å². The summed E-state index contributed by atoms with van der Waals surface area (Å²) in [5.74, 6) is -4.36.